The Hall–Kier alpha value is -2.22. The molecule has 0 spiro atoms. The molecule has 0 fully saturated rings. The number of ether oxygens (including phenoxy) is 2. The minimum absolute atomic E-state index is 0.224. The van der Waals surface area contributed by atoms with Gasteiger partial charge in [0, 0.05) is 17.8 Å². The van der Waals surface area contributed by atoms with Crippen LogP contribution in [0.1, 0.15) is 5.82 Å². The Bertz CT molecular complexity index is 843. The van der Waals surface area contributed by atoms with Gasteiger partial charge >= 0.3 is 0 Å². The monoisotopic (exact) mass is 405 g/mol. The van der Waals surface area contributed by atoms with E-state index in [1.165, 1.54) is 11.8 Å². The molecule has 0 unspecified atom stereocenters. The van der Waals surface area contributed by atoms with Gasteiger partial charge in [-0.3, -0.25) is 0 Å². The molecule has 1 heterocycles. The first-order valence-electron chi connectivity index (χ1n) is 8.37. The lowest BCUT2D eigenvalue weighted by atomic mass is 10.3. The molecule has 0 saturated heterocycles. The van der Waals surface area contributed by atoms with Gasteiger partial charge in [0.05, 0.1) is 6.10 Å². The summed E-state index contributed by atoms with van der Waals surface area (Å²) >= 11 is 7.28. The molecule has 0 radical (unpaired) electrons. The average molecular weight is 406 g/mol. The average Bonchev–Trinajstić information content (AvgIpc) is 3.05. The van der Waals surface area contributed by atoms with E-state index < -0.39 is 6.10 Å². The van der Waals surface area contributed by atoms with E-state index >= 15 is 0 Å². The summed E-state index contributed by atoms with van der Waals surface area (Å²) in [7, 11) is 1.87. The lowest BCUT2D eigenvalue weighted by molar-refractivity contribution is 0.126. The summed E-state index contributed by atoms with van der Waals surface area (Å²) in [5.41, 5.74) is 0. The van der Waals surface area contributed by atoms with Gasteiger partial charge < -0.3 is 19.1 Å². The molecule has 8 heteroatoms. The SMILES string of the molecule is Cn1c(COc2ccc(Cl)cc2)nnc1SC[C@@H](O)COc1ccccc1. The summed E-state index contributed by atoms with van der Waals surface area (Å²) in [6, 6.07) is 16.6. The van der Waals surface area contributed by atoms with Gasteiger partial charge in [0.2, 0.25) is 0 Å². The number of benzene rings is 2. The van der Waals surface area contributed by atoms with E-state index in [1.54, 1.807) is 24.3 Å². The van der Waals surface area contributed by atoms with E-state index in [9.17, 15) is 5.11 Å². The van der Waals surface area contributed by atoms with Crippen LogP contribution in [0.25, 0.3) is 0 Å². The number of nitrogens with zero attached hydrogens (tertiary/aromatic N) is 3. The van der Waals surface area contributed by atoms with Crippen molar-refractivity contribution < 1.29 is 14.6 Å². The van der Waals surface area contributed by atoms with Crippen LogP contribution in [-0.2, 0) is 13.7 Å². The number of halogens is 1. The Morgan fingerprint density at radius 3 is 2.48 bits per heavy atom. The molecule has 1 aromatic heterocycles. The van der Waals surface area contributed by atoms with Crippen LogP contribution < -0.4 is 9.47 Å². The number of hydrogen-bond donors (Lipinski definition) is 1. The Morgan fingerprint density at radius 2 is 1.74 bits per heavy atom. The Balaban J connectivity index is 1.46. The number of rotatable bonds is 9. The highest BCUT2D eigenvalue weighted by Gasteiger charge is 2.13. The Kier molecular flexibility index (Phi) is 6.98. The Morgan fingerprint density at radius 1 is 1.04 bits per heavy atom. The van der Waals surface area contributed by atoms with Crippen molar-refractivity contribution in [2.45, 2.75) is 17.9 Å². The highest BCUT2D eigenvalue weighted by molar-refractivity contribution is 7.99. The van der Waals surface area contributed by atoms with Crippen molar-refractivity contribution in [3.63, 3.8) is 0 Å². The summed E-state index contributed by atoms with van der Waals surface area (Å²) in [6.45, 7) is 0.521. The number of aliphatic hydroxyl groups excluding tert-OH is 1. The minimum Gasteiger partial charge on any atom is -0.491 e. The van der Waals surface area contributed by atoms with E-state index in [2.05, 4.69) is 10.2 Å². The minimum atomic E-state index is -0.610. The van der Waals surface area contributed by atoms with Crippen molar-refractivity contribution in [2.75, 3.05) is 12.4 Å². The van der Waals surface area contributed by atoms with Crippen LogP contribution in [0.3, 0.4) is 0 Å². The number of aliphatic hydroxyl groups is 1. The summed E-state index contributed by atoms with van der Waals surface area (Å²) in [6.07, 6.45) is -0.610. The van der Waals surface area contributed by atoms with Crippen LogP contribution >= 0.6 is 23.4 Å². The van der Waals surface area contributed by atoms with Gasteiger partial charge in [0.1, 0.15) is 24.7 Å². The maximum atomic E-state index is 10.1. The van der Waals surface area contributed by atoms with Gasteiger partial charge in [-0.15, -0.1) is 10.2 Å². The van der Waals surface area contributed by atoms with Crippen molar-refractivity contribution in [3.05, 3.63) is 65.4 Å². The molecule has 0 aliphatic carbocycles. The first-order valence-corrected chi connectivity index (χ1v) is 9.73. The second-order valence-corrected chi connectivity index (χ2v) is 7.21. The van der Waals surface area contributed by atoms with Crippen LogP contribution in [0.15, 0.2) is 59.8 Å². The third kappa shape index (κ3) is 5.89. The van der Waals surface area contributed by atoms with E-state index in [0.717, 1.165) is 5.75 Å². The highest BCUT2D eigenvalue weighted by Crippen LogP contribution is 2.20. The topological polar surface area (TPSA) is 69.4 Å². The van der Waals surface area contributed by atoms with Crippen molar-refractivity contribution >= 4 is 23.4 Å². The predicted molar refractivity (Wildman–Crippen MR) is 105 cm³/mol. The maximum absolute atomic E-state index is 10.1. The van der Waals surface area contributed by atoms with Crippen LogP contribution in [0.5, 0.6) is 11.5 Å². The molecule has 0 aliphatic heterocycles. The fourth-order valence-electron chi connectivity index (χ4n) is 2.20. The zero-order valence-corrected chi connectivity index (χ0v) is 16.4. The normalized spacial score (nSPS) is 12.0. The van der Waals surface area contributed by atoms with E-state index in [-0.39, 0.29) is 6.61 Å². The van der Waals surface area contributed by atoms with E-state index in [1.807, 2.05) is 41.9 Å². The molecular weight excluding hydrogens is 386 g/mol. The van der Waals surface area contributed by atoms with Crippen LogP contribution in [0.2, 0.25) is 5.02 Å². The third-order valence-corrected chi connectivity index (χ3v) is 5.11. The maximum Gasteiger partial charge on any atom is 0.191 e. The van der Waals surface area contributed by atoms with Crippen LogP contribution in [0, 0.1) is 0 Å². The smallest absolute Gasteiger partial charge is 0.191 e. The van der Waals surface area contributed by atoms with Gasteiger partial charge in [0.25, 0.3) is 0 Å². The molecule has 3 rings (SSSR count). The van der Waals surface area contributed by atoms with Crippen molar-refractivity contribution in [1.29, 1.82) is 0 Å². The molecule has 142 valence electrons. The van der Waals surface area contributed by atoms with E-state index in [4.69, 9.17) is 21.1 Å². The highest BCUT2D eigenvalue weighted by atomic mass is 35.5. The molecule has 27 heavy (non-hydrogen) atoms. The van der Waals surface area contributed by atoms with Gasteiger partial charge in [-0.1, -0.05) is 41.6 Å². The molecule has 3 aromatic rings. The zero-order chi connectivity index (χ0) is 19.1. The van der Waals surface area contributed by atoms with Gasteiger partial charge in [-0.2, -0.15) is 0 Å². The standard InChI is InChI=1S/C19H20ClN3O3S/c1-23-18(12-26-17-9-7-14(20)8-10-17)21-22-19(23)27-13-15(24)11-25-16-5-3-2-4-6-16/h2-10,15,24H,11-13H2,1H3/t15-/m0/s1. The molecule has 0 aliphatic rings. The fraction of sp³-hybridized carbons (Fsp3) is 0.263. The number of hydrogen-bond acceptors (Lipinski definition) is 6. The fourth-order valence-corrected chi connectivity index (χ4v) is 3.16. The second kappa shape index (κ2) is 9.64. The van der Waals surface area contributed by atoms with Gasteiger partial charge in [0.15, 0.2) is 11.0 Å². The summed E-state index contributed by atoms with van der Waals surface area (Å²) in [5.74, 6) is 2.60. The molecule has 2 aromatic carbocycles. The largest absolute Gasteiger partial charge is 0.491 e. The van der Waals surface area contributed by atoms with E-state index in [0.29, 0.717) is 34.1 Å². The summed E-state index contributed by atoms with van der Waals surface area (Å²) in [4.78, 5) is 0. The molecule has 0 saturated carbocycles. The zero-order valence-electron chi connectivity index (χ0n) is 14.8. The molecule has 1 atom stereocenters. The molecule has 0 amide bonds. The number of aromatic nitrogens is 3. The summed E-state index contributed by atoms with van der Waals surface area (Å²) in [5, 5.41) is 19.8. The molecule has 0 bridgehead atoms. The lowest BCUT2D eigenvalue weighted by Gasteiger charge is -2.12. The van der Waals surface area contributed by atoms with Crippen molar-refractivity contribution in [3.8, 4) is 11.5 Å². The quantitative estimate of drug-likeness (QED) is 0.549. The predicted octanol–water partition coefficient (Wildman–Crippen LogP) is 3.58. The third-order valence-electron chi connectivity index (χ3n) is 3.70. The lowest BCUT2D eigenvalue weighted by Crippen LogP contribution is -2.20. The molecular formula is C19H20ClN3O3S. The summed E-state index contributed by atoms with van der Waals surface area (Å²) < 4.78 is 13.1. The first-order chi connectivity index (χ1) is 13.1. The first kappa shape index (κ1) is 19.5. The molecule has 6 nitrogen and oxygen atoms in total. The Labute approximate surface area is 167 Å². The van der Waals surface area contributed by atoms with Crippen LogP contribution in [-0.4, -0.2) is 38.3 Å². The van der Waals surface area contributed by atoms with Crippen LogP contribution in [0.4, 0.5) is 0 Å². The second-order valence-electron chi connectivity index (χ2n) is 5.79. The van der Waals surface area contributed by atoms with Crippen molar-refractivity contribution in [1.82, 2.24) is 14.8 Å². The van der Waals surface area contributed by atoms with Crippen molar-refractivity contribution in [2.24, 2.45) is 7.05 Å². The molecule has 1 N–H and O–H groups in total. The van der Waals surface area contributed by atoms with Gasteiger partial charge in [-0.05, 0) is 36.4 Å². The number of thioether (sulfide) groups is 1. The number of para-hydroxylation sites is 1. The van der Waals surface area contributed by atoms with Gasteiger partial charge in [-0.25, -0.2) is 0 Å².